The third-order valence-electron chi connectivity index (χ3n) is 7.47. The van der Waals surface area contributed by atoms with Crippen molar-refractivity contribution < 1.29 is 0 Å². The van der Waals surface area contributed by atoms with Crippen LogP contribution in [0.2, 0.25) is 0 Å². The standard InChI is InChI=1S/C28H37N3/c1-23-11-6-8-14-26(23)30-21-19-29(20-22-30)17-10-18-31-27-15-5-3-2-4-12-24(27)25-13-7-9-16-28(25)31/h6-9,11,13-14,16H,2-5,10,12,15,17-22H2,1H3. The smallest absolute Gasteiger partial charge is 0.0485 e. The molecule has 2 heterocycles. The maximum absolute atomic E-state index is 2.68. The minimum absolute atomic E-state index is 1.15. The molecule has 0 amide bonds. The van der Waals surface area contributed by atoms with E-state index in [1.165, 1.54) is 86.7 Å². The van der Waals surface area contributed by atoms with Crippen molar-refractivity contribution in [2.45, 2.75) is 58.4 Å². The van der Waals surface area contributed by atoms with Crippen LogP contribution in [0.1, 0.15) is 48.9 Å². The molecular weight excluding hydrogens is 378 g/mol. The molecule has 31 heavy (non-hydrogen) atoms. The molecule has 0 N–H and O–H groups in total. The highest BCUT2D eigenvalue weighted by Gasteiger charge is 2.20. The van der Waals surface area contributed by atoms with Crippen molar-refractivity contribution in [2.75, 3.05) is 37.6 Å². The molecule has 0 unspecified atom stereocenters. The van der Waals surface area contributed by atoms with E-state index in [0.717, 1.165) is 19.6 Å². The Balaban J connectivity index is 1.22. The van der Waals surface area contributed by atoms with E-state index in [1.54, 1.807) is 11.3 Å². The van der Waals surface area contributed by atoms with Crippen LogP contribution in [0.5, 0.6) is 0 Å². The van der Waals surface area contributed by atoms with Crippen LogP contribution in [-0.2, 0) is 19.4 Å². The van der Waals surface area contributed by atoms with Crippen molar-refractivity contribution in [3.05, 3.63) is 65.4 Å². The summed E-state index contributed by atoms with van der Waals surface area (Å²) in [6.45, 7) is 9.25. The second kappa shape index (κ2) is 9.48. The van der Waals surface area contributed by atoms with Crippen LogP contribution in [0.15, 0.2) is 48.5 Å². The topological polar surface area (TPSA) is 11.4 Å². The fourth-order valence-electron chi connectivity index (χ4n) is 5.78. The largest absolute Gasteiger partial charge is 0.369 e. The van der Waals surface area contributed by atoms with Crippen LogP contribution in [0, 0.1) is 6.92 Å². The SMILES string of the molecule is Cc1ccccc1N1CCN(CCCn2c3c(c4ccccc42)CCCCCC3)CC1. The summed E-state index contributed by atoms with van der Waals surface area (Å²) in [6, 6.07) is 18.0. The lowest BCUT2D eigenvalue weighted by atomic mass is 9.97. The van der Waals surface area contributed by atoms with Crippen LogP contribution in [0.4, 0.5) is 5.69 Å². The summed E-state index contributed by atoms with van der Waals surface area (Å²) < 4.78 is 2.68. The summed E-state index contributed by atoms with van der Waals surface area (Å²) in [5, 5.41) is 1.52. The summed E-state index contributed by atoms with van der Waals surface area (Å²) in [5.41, 5.74) is 7.58. The molecule has 2 aliphatic rings. The van der Waals surface area contributed by atoms with E-state index in [1.807, 2.05) is 0 Å². The average Bonchev–Trinajstić information content (AvgIpc) is 3.06. The van der Waals surface area contributed by atoms with E-state index >= 15 is 0 Å². The van der Waals surface area contributed by atoms with E-state index in [9.17, 15) is 0 Å². The highest BCUT2D eigenvalue weighted by molar-refractivity contribution is 5.85. The number of benzene rings is 2. The van der Waals surface area contributed by atoms with Gasteiger partial charge in [0.05, 0.1) is 0 Å². The normalized spacial score (nSPS) is 18.0. The number of para-hydroxylation sites is 2. The number of anilines is 1. The van der Waals surface area contributed by atoms with Gasteiger partial charge in [0.2, 0.25) is 0 Å². The molecule has 1 saturated heterocycles. The number of nitrogens with zero attached hydrogens (tertiary/aromatic N) is 3. The predicted molar refractivity (Wildman–Crippen MR) is 132 cm³/mol. The first kappa shape index (κ1) is 20.6. The number of hydrogen-bond donors (Lipinski definition) is 0. The molecule has 0 spiro atoms. The van der Waals surface area contributed by atoms with Gasteiger partial charge in [-0.3, -0.25) is 4.90 Å². The van der Waals surface area contributed by atoms with Gasteiger partial charge in [-0.15, -0.1) is 0 Å². The Morgan fingerprint density at radius 3 is 2.32 bits per heavy atom. The minimum Gasteiger partial charge on any atom is -0.369 e. The zero-order chi connectivity index (χ0) is 21.0. The lowest BCUT2D eigenvalue weighted by Gasteiger charge is -2.36. The van der Waals surface area contributed by atoms with Crippen LogP contribution in [-0.4, -0.2) is 42.2 Å². The molecule has 5 rings (SSSR count). The van der Waals surface area contributed by atoms with Gasteiger partial charge in [0.1, 0.15) is 0 Å². The summed E-state index contributed by atoms with van der Waals surface area (Å²) in [6.07, 6.45) is 9.27. The molecule has 2 aromatic carbocycles. The Morgan fingerprint density at radius 1 is 0.742 bits per heavy atom. The van der Waals surface area contributed by atoms with Crippen LogP contribution >= 0.6 is 0 Å². The van der Waals surface area contributed by atoms with E-state index in [0.29, 0.717) is 0 Å². The lowest BCUT2D eigenvalue weighted by Crippen LogP contribution is -2.47. The lowest BCUT2D eigenvalue weighted by molar-refractivity contribution is 0.250. The van der Waals surface area contributed by atoms with Crippen LogP contribution in [0.25, 0.3) is 10.9 Å². The van der Waals surface area contributed by atoms with Gasteiger partial charge in [-0.05, 0) is 68.8 Å². The first-order valence-corrected chi connectivity index (χ1v) is 12.4. The Labute approximate surface area is 187 Å². The maximum Gasteiger partial charge on any atom is 0.0485 e. The fraction of sp³-hybridized carbons (Fsp3) is 0.500. The summed E-state index contributed by atoms with van der Waals surface area (Å²) in [7, 11) is 0. The van der Waals surface area contributed by atoms with Gasteiger partial charge >= 0.3 is 0 Å². The molecule has 3 aromatic rings. The predicted octanol–water partition coefficient (Wildman–Crippen LogP) is 5.82. The highest BCUT2D eigenvalue weighted by Crippen LogP contribution is 2.31. The monoisotopic (exact) mass is 415 g/mol. The van der Waals surface area contributed by atoms with Gasteiger partial charge in [0.15, 0.2) is 0 Å². The molecule has 0 radical (unpaired) electrons. The number of piperazine rings is 1. The molecule has 0 bridgehead atoms. The number of fused-ring (bicyclic) bond motifs is 3. The summed E-state index contributed by atoms with van der Waals surface area (Å²) in [4.78, 5) is 5.23. The molecule has 1 fully saturated rings. The highest BCUT2D eigenvalue weighted by atomic mass is 15.3. The van der Waals surface area contributed by atoms with Gasteiger partial charge in [0.25, 0.3) is 0 Å². The summed E-state index contributed by atoms with van der Waals surface area (Å²) >= 11 is 0. The molecule has 0 saturated carbocycles. The maximum atomic E-state index is 2.68. The van der Waals surface area contributed by atoms with Crippen molar-refractivity contribution >= 4 is 16.6 Å². The molecule has 0 atom stereocenters. The Morgan fingerprint density at radius 2 is 1.48 bits per heavy atom. The van der Waals surface area contributed by atoms with Crippen molar-refractivity contribution in [1.82, 2.24) is 9.47 Å². The van der Waals surface area contributed by atoms with Gasteiger partial charge in [0, 0.05) is 55.0 Å². The molecule has 1 aliphatic carbocycles. The van der Waals surface area contributed by atoms with Gasteiger partial charge in [-0.25, -0.2) is 0 Å². The van der Waals surface area contributed by atoms with Gasteiger partial charge < -0.3 is 9.47 Å². The minimum atomic E-state index is 1.15. The number of aryl methyl sites for hydroxylation is 3. The first-order valence-electron chi connectivity index (χ1n) is 12.4. The van der Waals surface area contributed by atoms with E-state index in [4.69, 9.17) is 0 Å². The van der Waals surface area contributed by atoms with Crippen molar-refractivity contribution in [3.63, 3.8) is 0 Å². The Bertz CT molecular complexity index is 1010. The van der Waals surface area contributed by atoms with Gasteiger partial charge in [-0.2, -0.15) is 0 Å². The third kappa shape index (κ3) is 4.39. The molecular formula is C28H37N3. The first-order chi connectivity index (χ1) is 15.3. The zero-order valence-corrected chi connectivity index (χ0v) is 19.2. The van der Waals surface area contributed by atoms with Crippen LogP contribution in [0.3, 0.4) is 0 Å². The van der Waals surface area contributed by atoms with E-state index in [-0.39, 0.29) is 0 Å². The Hall–Kier alpha value is -2.26. The quantitative estimate of drug-likeness (QED) is 0.520. The third-order valence-corrected chi connectivity index (χ3v) is 7.47. The molecule has 1 aromatic heterocycles. The van der Waals surface area contributed by atoms with Crippen LogP contribution < -0.4 is 4.90 Å². The second-order valence-electron chi connectivity index (χ2n) is 9.48. The number of hydrogen-bond acceptors (Lipinski definition) is 2. The van der Waals surface area contributed by atoms with E-state index in [2.05, 4.69) is 69.8 Å². The van der Waals surface area contributed by atoms with Gasteiger partial charge in [-0.1, -0.05) is 49.2 Å². The summed E-state index contributed by atoms with van der Waals surface area (Å²) in [5.74, 6) is 0. The molecule has 3 heteroatoms. The second-order valence-corrected chi connectivity index (χ2v) is 9.48. The Kier molecular flexibility index (Phi) is 6.31. The van der Waals surface area contributed by atoms with E-state index < -0.39 is 0 Å². The van der Waals surface area contributed by atoms with Crippen molar-refractivity contribution in [1.29, 1.82) is 0 Å². The molecule has 164 valence electrons. The number of rotatable bonds is 5. The number of aromatic nitrogens is 1. The van der Waals surface area contributed by atoms with Crippen molar-refractivity contribution in [3.8, 4) is 0 Å². The van der Waals surface area contributed by atoms with Crippen molar-refractivity contribution in [2.24, 2.45) is 0 Å². The molecule has 3 nitrogen and oxygen atoms in total. The zero-order valence-electron chi connectivity index (χ0n) is 19.2. The molecule has 1 aliphatic heterocycles. The average molecular weight is 416 g/mol. The fourth-order valence-corrected chi connectivity index (χ4v) is 5.78.